The standard InChI is InChI=1S/C18H18F3NO5S/c1-17(2,3)13-9-7-12(8-10-13)16(18(19,20)21)27-28(25,26)15-6-4-5-14(11-15)22(23)24/h4-11,16H,1-3H3. The van der Waals surface area contributed by atoms with Crippen LogP contribution in [0.3, 0.4) is 0 Å². The first-order valence-electron chi connectivity index (χ1n) is 8.07. The highest BCUT2D eigenvalue weighted by Crippen LogP contribution is 2.39. The van der Waals surface area contributed by atoms with Crippen molar-refractivity contribution < 1.29 is 30.7 Å². The maximum Gasteiger partial charge on any atom is 0.420 e. The molecule has 2 rings (SSSR count). The minimum absolute atomic E-state index is 0.303. The molecule has 1 atom stereocenters. The van der Waals surface area contributed by atoms with Crippen LogP contribution in [0.15, 0.2) is 53.4 Å². The minimum Gasteiger partial charge on any atom is -0.258 e. The first-order valence-corrected chi connectivity index (χ1v) is 9.47. The third-order valence-electron chi connectivity index (χ3n) is 3.92. The predicted molar refractivity (Wildman–Crippen MR) is 95.3 cm³/mol. The molecule has 0 aliphatic heterocycles. The van der Waals surface area contributed by atoms with Crippen molar-refractivity contribution in [1.82, 2.24) is 0 Å². The van der Waals surface area contributed by atoms with E-state index in [1.165, 1.54) is 12.1 Å². The Morgan fingerprint density at radius 3 is 2.07 bits per heavy atom. The van der Waals surface area contributed by atoms with E-state index in [9.17, 15) is 31.7 Å². The topological polar surface area (TPSA) is 86.5 Å². The van der Waals surface area contributed by atoms with Crippen molar-refractivity contribution in [1.29, 1.82) is 0 Å². The molecule has 0 saturated carbocycles. The molecule has 0 fully saturated rings. The van der Waals surface area contributed by atoms with Gasteiger partial charge in [0.05, 0.1) is 4.92 Å². The Hall–Kier alpha value is -2.46. The van der Waals surface area contributed by atoms with Gasteiger partial charge in [-0.1, -0.05) is 51.1 Å². The number of rotatable bonds is 5. The monoisotopic (exact) mass is 417 g/mol. The Bertz CT molecular complexity index is 964. The smallest absolute Gasteiger partial charge is 0.258 e. The van der Waals surface area contributed by atoms with Crippen molar-refractivity contribution in [2.45, 2.75) is 43.4 Å². The summed E-state index contributed by atoms with van der Waals surface area (Å²) in [6.45, 7) is 5.64. The Morgan fingerprint density at radius 1 is 1.04 bits per heavy atom. The molecule has 0 saturated heterocycles. The van der Waals surface area contributed by atoms with Crippen LogP contribution in [0.4, 0.5) is 18.9 Å². The fourth-order valence-electron chi connectivity index (χ4n) is 2.39. The van der Waals surface area contributed by atoms with E-state index in [4.69, 9.17) is 0 Å². The number of nitro groups is 1. The lowest BCUT2D eigenvalue weighted by Gasteiger charge is -2.23. The van der Waals surface area contributed by atoms with Gasteiger partial charge in [0, 0.05) is 12.1 Å². The van der Waals surface area contributed by atoms with Gasteiger partial charge in [-0.05, 0) is 22.6 Å². The van der Waals surface area contributed by atoms with E-state index in [1.807, 2.05) is 20.8 Å². The molecule has 2 aromatic rings. The normalized spacial score (nSPS) is 13.9. The van der Waals surface area contributed by atoms with Crippen molar-refractivity contribution in [2.24, 2.45) is 0 Å². The van der Waals surface area contributed by atoms with Crippen LogP contribution in [0, 0.1) is 10.1 Å². The summed E-state index contributed by atoms with van der Waals surface area (Å²) in [5.74, 6) is 0. The summed E-state index contributed by atoms with van der Waals surface area (Å²) in [6, 6.07) is 8.89. The first-order chi connectivity index (χ1) is 12.7. The van der Waals surface area contributed by atoms with E-state index < -0.39 is 43.5 Å². The molecule has 1 unspecified atom stereocenters. The molecule has 0 aromatic heterocycles. The Morgan fingerprint density at radius 2 is 1.61 bits per heavy atom. The largest absolute Gasteiger partial charge is 0.420 e. The Labute approximate surface area is 160 Å². The van der Waals surface area contributed by atoms with Crippen molar-refractivity contribution in [2.75, 3.05) is 0 Å². The van der Waals surface area contributed by atoms with Crippen LogP contribution in [-0.2, 0) is 19.7 Å². The van der Waals surface area contributed by atoms with Crippen LogP contribution < -0.4 is 0 Å². The van der Waals surface area contributed by atoms with Crippen molar-refractivity contribution in [3.8, 4) is 0 Å². The first kappa shape index (κ1) is 21.8. The second-order valence-electron chi connectivity index (χ2n) is 7.10. The molecule has 0 aliphatic carbocycles. The zero-order valence-electron chi connectivity index (χ0n) is 15.2. The zero-order valence-corrected chi connectivity index (χ0v) is 16.0. The van der Waals surface area contributed by atoms with Gasteiger partial charge in [-0.15, -0.1) is 0 Å². The Kier molecular flexibility index (Phi) is 5.86. The second-order valence-corrected chi connectivity index (χ2v) is 8.67. The van der Waals surface area contributed by atoms with Crippen molar-refractivity contribution in [3.05, 3.63) is 69.8 Å². The van der Waals surface area contributed by atoms with Crippen LogP contribution >= 0.6 is 0 Å². The van der Waals surface area contributed by atoms with E-state index in [0.717, 1.165) is 35.9 Å². The molecule has 0 aliphatic rings. The number of benzene rings is 2. The number of hydrogen-bond donors (Lipinski definition) is 0. The van der Waals surface area contributed by atoms with E-state index in [0.29, 0.717) is 6.07 Å². The summed E-state index contributed by atoms with van der Waals surface area (Å²) in [4.78, 5) is 9.20. The highest BCUT2D eigenvalue weighted by molar-refractivity contribution is 7.86. The molecule has 152 valence electrons. The minimum atomic E-state index is -5.02. The van der Waals surface area contributed by atoms with Gasteiger partial charge in [-0.25, -0.2) is 4.18 Å². The SMILES string of the molecule is CC(C)(C)c1ccc(C(OS(=O)(=O)c2cccc([N+](=O)[O-])c2)C(F)(F)F)cc1. The third-order valence-corrected chi connectivity index (χ3v) is 5.19. The molecule has 6 nitrogen and oxygen atoms in total. The highest BCUT2D eigenvalue weighted by Gasteiger charge is 2.45. The summed E-state index contributed by atoms with van der Waals surface area (Å²) in [6.07, 6.45) is -7.76. The van der Waals surface area contributed by atoms with E-state index in [-0.39, 0.29) is 5.41 Å². The lowest BCUT2D eigenvalue weighted by Crippen LogP contribution is -2.26. The summed E-state index contributed by atoms with van der Waals surface area (Å²) in [7, 11) is -4.91. The van der Waals surface area contributed by atoms with Gasteiger partial charge in [-0.3, -0.25) is 10.1 Å². The van der Waals surface area contributed by atoms with Crippen LogP contribution in [0.5, 0.6) is 0 Å². The molecule has 0 radical (unpaired) electrons. The maximum atomic E-state index is 13.5. The fourth-order valence-corrected chi connectivity index (χ4v) is 3.49. The summed E-state index contributed by atoms with van der Waals surface area (Å²) in [5.41, 5.74) is -0.515. The number of nitro benzene ring substituents is 1. The maximum absolute atomic E-state index is 13.5. The number of hydrogen-bond acceptors (Lipinski definition) is 5. The average molecular weight is 417 g/mol. The van der Waals surface area contributed by atoms with Crippen LogP contribution in [-0.4, -0.2) is 19.5 Å². The molecule has 0 amide bonds. The van der Waals surface area contributed by atoms with Gasteiger partial charge in [0.1, 0.15) is 4.90 Å². The van der Waals surface area contributed by atoms with Gasteiger partial charge < -0.3 is 0 Å². The molecule has 28 heavy (non-hydrogen) atoms. The number of nitrogens with zero attached hydrogens (tertiary/aromatic N) is 1. The molecule has 0 bridgehead atoms. The van der Waals surface area contributed by atoms with Gasteiger partial charge in [0.2, 0.25) is 0 Å². The van der Waals surface area contributed by atoms with Gasteiger partial charge >= 0.3 is 6.18 Å². The number of halogens is 3. The third kappa shape index (κ3) is 5.08. The lowest BCUT2D eigenvalue weighted by molar-refractivity contribution is -0.385. The van der Waals surface area contributed by atoms with Crippen LogP contribution in [0.1, 0.15) is 38.0 Å². The summed E-state index contributed by atoms with van der Waals surface area (Å²) in [5, 5.41) is 10.8. The lowest BCUT2D eigenvalue weighted by atomic mass is 9.86. The van der Waals surface area contributed by atoms with Gasteiger partial charge in [0.15, 0.2) is 6.10 Å². The molecule has 10 heteroatoms. The molecular formula is C18H18F3NO5S. The van der Waals surface area contributed by atoms with Gasteiger partial charge in [0.25, 0.3) is 15.8 Å². The van der Waals surface area contributed by atoms with E-state index in [1.54, 1.807) is 0 Å². The summed E-state index contributed by atoms with van der Waals surface area (Å²) < 4.78 is 69.6. The molecule has 2 aromatic carbocycles. The second kappa shape index (κ2) is 7.51. The highest BCUT2D eigenvalue weighted by atomic mass is 32.2. The quantitative estimate of drug-likeness (QED) is 0.392. The predicted octanol–water partition coefficient (Wildman–Crippen LogP) is 4.90. The van der Waals surface area contributed by atoms with Crippen LogP contribution in [0.25, 0.3) is 0 Å². The van der Waals surface area contributed by atoms with E-state index >= 15 is 0 Å². The van der Waals surface area contributed by atoms with Gasteiger partial charge in [-0.2, -0.15) is 21.6 Å². The summed E-state index contributed by atoms with van der Waals surface area (Å²) >= 11 is 0. The Balaban J connectivity index is 2.42. The molecule has 0 spiro atoms. The average Bonchev–Trinajstić information content (AvgIpc) is 2.58. The van der Waals surface area contributed by atoms with E-state index in [2.05, 4.69) is 4.18 Å². The zero-order chi connectivity index (χ0) is 21.3. The number of alkyl halides is 3. The van der Waals surface area contributed by atoms with Crippen molar-refractivity contribution in [3.63, 3.8) is 0 Å². The van der Waals surface area contributed by atoms with Crippen molar-refractivity contribution >= 4 is 15.8 Å². The molecule has 0 heterocycles. The van der Waals surface area contributed by atoms with Crippen LogP contribution in [0.2, 0.25) is 0 Å². The molecular weight excluding hydrogens is 399 g/mol. The number of non-ortho nitro benzene ring substituents is 1. The molecule has 0 N–H and O–H groups in total. The fraction of sp³-hybridized carbons (Fsp3) is 0.333.